The lowest BCUT2D eigenvalue weighted by atomic mass is 10.0. The minimum absolute atomic E-state index is 0.0927. The average molecular weight is 355 g/mol. The summed E-state index contributed by atoms with van der Waals surface area (Å²) in [6, 6.07) is 15.2. The third-order valence-electron chi connectivity index (χ3n) is 4.67. The van der Waals surface area contributed by atoms with Crippen molar-refractivity contribution in [2.45, 2.75) is 18.9 Å². The van der Waals surface area contributed by atoms with Crippen molar-refractivity contribution >= 4 is 28.4 Å². The minimum Gasteiger partial charge on any atom is -0.490 e. The Morgan fingerprint density at radius 2 is 1.84 bits per heavy atom. The molecule has 3 aromatic rings. The van der Waals surface area contributed by atoms with Gasteiger partial charge in [-0.3, -0.25) is 4.79 Å². The molecule has 128 valence electrons. The minimum atomic E-state index is 0.0927. The van der Waals surface area contributed by atoms with E-state index in [0.29, 0.717) is 18.1 Å². The number of amides is 1. The molecule has 0 bridgehead atoms. The largest absolute Gasteiger partial charge is 0.490 e. The molecule has 4 nitrogen and oxygen atoms in total. The lowest BCUT2D eigenvalue weighted by molar-refractivity contribution is 0.0597. The van der Waals surface area contributed by atoms with Crippen LogP contribution in [-0.4, -0.2) is 35.0 Å². The normalized spacial score (nSPS) is 15.5. The van der Waals surface area contributed by atoms with Crippen LogP contribution in [-0.2, 0) is 0 Å². The zero-order valence-corrected chi connectivity index (χ0v) is 14.5. The topological polar surface area (TPSA) is 45.3 Å². The smallest absolute Gasteiger partial charge is 0.254 e. The van der Waals surface area contributed by atoms with Gasteiger partial charge in [0.1, 0.15) is 11.9 Å². The predicted octanol–water partition coefficient (Wildman–Crippen LogP) is 4.50. The number of likely N-dealkylation sites (tertiary alicyclic amines) is 1. The summed E-state index contributed by atoms with van der Waals surface area (Å²) < 4.78 is 6.00. The fraction of sp³-hybridized carbons (Fsp3) is 0.250. The molecular formula is C20H19ClN2O2. The van der Waals surface area contributed by atoms with Crippen molar-refractivity contribution in [1.29, 1.82) is 0 Å². The third kappa shape index (κ3) is 3.35. The second-order valence-electron chi connectivity index (χ2n) is 6.31. The molecule has 2 aromatic carbocycles. The van der Waals surface area contributed by atoms with Crippen molar-refractivity contribution in [1.82, 2.24) is 9.88 Å². The molecule has 0 radical (unpaired) electrons. The van der Waals surface area contributed by atoms with Gasteiger partial charge in [-0.25, -0.2) is 0 Å². The van der Waals surface area contributed by atoms with Gasteiger partial charge in [0, 0.05) is 53.6 Å². The number of hydrogen-bond donors (Lipinski definition) is 1. The van der Waals surface area contributed by atoms with E-state index in [4.69, 9.17) is 16.3 Å². The molecule has 0 aliphatic carbocycles. The van der Waals surface area contributed by atoms with E-state index in [2.05, 4.69) is 4.98 Å². The Balaban J connectivity index is 1.40. The van der Waals surface area contributed by atoms with Crippen LogP contribution >= 0.6 is 11.6 Å². The number of aromatic nitrogens is 1. The molecule has 2 heterocycles. The Hall–Kier alpha value is -2.46. The Morgan fingerprint density at radius 3 is 2.60 bits per heavy atom. The first-order valence-electron chi connectivity index (χ1n) is 8.48. The van der Waals surface area contributed by atoms with Crippen LogP contribution in [0.5, 0.6) is 5.75 Å². The van der Waals surface area contributed by atoms with Crippen LogP contribution in [0.25, 0.3) is 10.9 Å². The molecule has 1 saturated heterocycles. The number of fused-ring (bicyclic) bond motifs is 1. The molecule has 1 aromatic heterocycles. The number of carbonyl (C=O) groups excluding carboxylic acids is 1. The van der Waals surface area contributed by atoms with Gasteiger partial charge in [0.2, 0.25) is 0 Å². The van der Waals surface area contributed by atoms with E-state index in [0.717, 1.165) is 35.1 Å². The van der Waals surface area contributed by atoms with E-state index in [1.807, 2.05) is 59.6 Å². The highest BCUT2D eigenvalue weighted by Gasteiger charge is 2.25. The van der Waals surface area contributed by atoms with Crippen LogP contribution in [0.4, 0.5) is 0 Å². The summed E-state index contributed by atoms with van der Waals surface area (Å²) in [4.78, 5) is 17.9. The highest BCUT2D eigenvalue weighted by molar-refractivity contribution is 6.30. The zero-order chi connectivity index (χ0) is 17.2. The number of nitrogens with one attached hydrogen (secondary N) is 1. The van der Waals surface area contributed by atoms with Gasteiger partial charge in [-0.1, -0.05) is 17.7 Å². The molecule has 1 aliphatic rings. The summed E-state index contributed by atoms with van der Waals surface area (Å²) >= 11 is 5.90. The van der Waals surface area contributed by atoms with Crippen LogP contribution < -0.4 is 4.74 Å². The van der Waals surface area contributed by atoms with E-state index in [9.17, 15) is 4.79 Å². The molecule has 1 fully saturated rings. The summed E-state index contributed by atoms with van der Waals surface area (Å²) in [7, 11) is 0. The van der Waals surface area contributed by atoms with Crippen molar-refractivity contribution in [3.8, 4) is 5.75 Å². The van der Waals surface area contributed by atoms with E-state index >= 15 is 0 Å². The van der Waals surface area contributed by atoms with Crippen molar-refractivity contribution < 1.29 is 9.53 Å². The highest BCUT2D eigenvalue weighted by atomic mass is 35.5. The standard InChI is InChI=1S/C20H19ClN2O2/c21-14-4-6-15(7-5-14)25-16-9-12-23(13-10-16)20(24)18-2-1-3-19-17(18)8-11-22-19/h1-8,11,16,22H,9-10,12-13H2. The second kappa shape index (κ2) is 6.81. The Morgan fingerprint density at radius 1 is 1.08 bits per heavy atom. The molecule has 0 saturated carbocycles. The van der Waals surface area contributed by atoms with Gasteiger partial charge in [0.25, 0.3) is 5.91 Å². The molecule has 1 amide bonds. The number of piperidine rings is 1. The van der Waals surface area contributed by atoms with Gasteiger partial charge < -0.3 is 14.6 Å². The van der Waals surface area contributed by atoms with E-state index in [1.54, 1.807) is 0 Å². The quantitative estimate of drug-likeness (QED) is 0.752. The molecule has 0 unspecified atom stereocenters. The fourth-order valence-electron chi connectivity index (χ4n) is 3.32. The van der Waals surface area contributed by atoms with Crippen molar-refractivity contribution in [3.63, 3.8) is 0 Å². The van der Waals surface area contributed by atoms with Crippen LogP contribution in [0, 0.1) is 0 Å². The fourth-order valence-corrected chi connectivity index (χ4v) is 3.45. The number of rotatable bonds is 3. The summed E-state index contributed by atoms with van der Waals surface area (Å²) in [5.74, 6) is 0.918. The maximum Gasteiger partial charge on any atom is 0.254 e. The first-order valence-corrected chi connectivity index (χ1v) is 8.86. The zero-order valence-electron chi connectivity index (χ0n) is 13.7. The number of hydrogen-bond acceptors (Lipinski definition) is 2. The van der Waals surface area contributed by atoms with Crippen LogP contribution in [0.1, 0.15) is 23.2 Å². The molecule has 0 atom stereocenters. The van der Waals surface area contributed by atoms with Crippen molar-refractivity contribution in [2.75, 3.05) is 13.1 Å². The molecule has 1 N–H and O–H groups in total. The number of aromatic amines is 1. The van der Waals surface area contributed by atoms with Crippen LogP contribution in [0.15, 0.2) is 54.7 Å². The maximum atomic E-state index is 12.9. The van der Waals surface area contributed by atoms with E-state index in [1.165, 1.54) is 0 Å². The Labute approximate surface area is 151 Å². The summed E-state index contributed by atoms with van der Waals surface area (Å²) in [6.45, 7) is 1.41. The van der Waals surface area contributed by atoms with Crippen LogP contribution in [0.3, 0.4) is 0 Å². The highest BCUT2D eigenvalue weighted by Crippen LogP contribution is 2.24. The van der Waals surface area contributed by atoms with Gasteiger partial charge in [-0.15, -0.1) is 0 Å². The number of nitrogens with zero attached hydrogens (tertiary/aromatic N) is 1. The van der Waals surface area contributed by atoms with Crippen molar-refractivity contribution in [2.24, 2.45) is 0 Å². The number of H-pyrrole nitrogens is 1. The summed E-state index contributed by atoms with van der Waals surface area (Å²) in [6.07, 6.45) is 3.66. The van der Waals surface area contributed by atoms with Gasteiger partial charge in [-0.05, 0) is 42.5 Å². The average Bonchev–Trinajstić information content (AvgIpc) is 3.12. The lowest BCUT2D eigenvalue weighted by Crippen LogP contribution is -2.41. The second-order valence-corrected chi connectivity index (χ2v) is 6.74. The number of halogens is 1. The molecular weight excluding hydrogens is 336 g/mol. The molecule has 4 rings (SSSR count). The number of carbonyl (C=O) groups is 1. The van der Waals surface area contributed by atoms with Crippen LogP contribution in [0.2, 0.25) is 5.02 Å². The first kappa shape index (κ1) is 16.0. The molecule has 25 heavy (non-hydrogen) atoms. The summed E-state index contributed by atoms with van der Waals surface area (Å²) in [5, 5.41) is 1.68. The molecule has 0 spiro atoms. The SMILES string of the molecule is O=C(c1cccc2[nH]ccc12)N1CCC(Oc2ccc(Cl)cc2)CC1. The maximum absolute atomic E-state index is 12.9. The first-order chi connectivity index (χ1) is 12.2. The number of ether oxygens (including phenoxy) is 1. The summed E-state index contributed by atoms with van der Waals surface area (Å²) in [5.41, 5.74) is 1.75. The lowest BCUT2D eigenvalue weighted by Gasteiger charge is -2.32. The van der Waals surface area contributed by atoms with E-state index in [-0.39, 0.29) is 12.0 Å². The Kier molecular flexibility index (Phi) is 4.36. The van der Waals surface area contributed by atoms with Gasteiger partial charge in [0.05, 0.1) is 0 Å². The van der Waals surface area contributed by atoms with Gasteiger partial charge in [0.15, 0.2) is 0 Å². The van der Waals surface area contributed by atoms with Gasteiger partial charge >= 0.3 is 0 Å². The molecule has 1 aliphatic heterocycles. The monoisotopic (exact) mass is 354 g/mol. The third-order valence-corrected chi connectivity index (χ3v) is 4.92. The van der Waals surface area contributed by atoms with Crippen molar-refractivity contribution in [3.05, 3.63) is 65.3 Å². The molecule has 5 heteroatoms. The Bertz CT molecular complexity index is 880. The van der Waals surface area contributed by atoms with Gasteiger partial charge in [-0.2, -0.15) is 0 Å². The van der Waals surface area contributed by atoms with E-state index < -0.39 is 0 Å². The number of benzene rings is 2. The predicted molar refractivity (Wildman–Crippen MR) is 99.3 cm³/mol.